The molecule has 14 heteroatoms. The molecule has 0 saturated carbocycles. The van der Waals surface area contributed by atoms with E-state index in [0.29, 0.717) is 0 Å². The predicted molar refractivity (Wildman–Crippen MR) is 125 cm³/mol. The Morgan fingerprint density at radius 1 is 0.308 bits per heavy atom. The second-order valence-electron chi connectivity index (χ2n) is 5.83. The number of quaternary nitrogens is 4. The molecule has 2 saturated heterocycles. The molecule has 0 aromatic heterocycles. The predicted octanol–water partition coefficient (Wildman–Crippen LogP) is -5.97. The van der Waals surface area contributed by atoms with Gasteiger partial charge >= 0.3 is 0 Å². The van der Waals surface area contributed by atoms with Gasteiger partial charge in [0.05, 0.1) is 28.2 Å². The van der Waals surface area contributed by atoms with Crippen LogP contribution in [0, 0.1) is 0 Å². The van der Waals surface area contributed by atoms with Gasteiger partial charge in [-0.25, -0.2) is 0 Å². The van der Waals surface area contributed by atoms with Crippen molar-refractivity contribution in [2.75, 3.05) is 80.5 Å². The van der Waals surface area contributed by atoms with Gasteiger partial charge < -0.3 is 128 Å². The van der Waals surface area contributed by atoms with E-state index in [1.54, 1.807) is 19.6 Å². The number of hydrogen-bond acceptors (Lipinski definition) is 0. The van der Waals surface area contributed by atoms with Gasteiger partial charge in [-0.05, 0) is 0 Å². The molecular weight excluding hydrogens is 824 g/mol. The summed E-state index contributed by atoms with van der Waals surface area (Å²) in [5.41, 5.74) is 0. The summed E-state index contributed by atoms with van der Waals surface area (Å²) < 4.78 is 0. The van der Waals surface area contributed by atoms with Crippen LogP contribution in [0.25, 0.3) is 0 Å². The summed E-state index contributed by atoms with van der Waals surface area (Å²) in [7, 11) is 9.08. The molecule has 0 aliphatic carbocycles. The molecule has 0 spiro atoms. The summed E-state index contributed by atoms with van der Waals surface area (Å²) in [6.45, 7) is 10.8. The van der Waals surface area contributed by atoms with Gasteiger partial charge in [0, 0.05) is 42.1 Å². The monoisotopic (exact) mass is 856 g/mol. The Morgan fingerprint density at radius 2 is 0.385 bits per heavy atom. The van der Waals surface area contributed by atoms with Gasteiger partial charge in [0.1, 0.15) is 52.4 Å². The van der Waals surface area contributed by atoms with Crippen molar-refractivity contribution in [3.8, 4) is 0 Å². The van der Waals surface area contributed by atoms with E-state index in [4.69, 9.17) is 0 Å². The SMILES string of the molecule is C[NH+]1CC[NH+](C)CC1.C[NH+]1CC[NH+](C)CC1.[S-2].[S-2].[S-2].[S-2].[S-2].[S-2].[S-2].[S-2].[W].[W]. The maximum absolute atomic E-state index is 2.27. The fraction of sp³-hybridized carbons (Fsp3) is 1.00. The van der Waals surface area contributed by atoms with E-state index in [9.17, 15) is 0 Å². The quantitative estimate of drug-likeness (QED) is 0.187. The van der Waals surface area contributed by atoms with Crippen molar-refractivity contribution in [1.29, 1.82) is 0 Å². The van der Waals surface area contributed by atoms with Gasteiger partial charge in [0.25, 0.3) is 0 Å². The smallest absolute Gasteiger partial charge is 0.127 e. The maximum atomic E-state index is 2.27. The van der Waals surface area contributed by atoms with Gasteiger partial charge in [-0.2, -0.15) is 0 Å². The first-order valence-electron chi connectivity index (χ1n) is 6.83. The number of nitrogens with one attached hydrogen (secondary N) is 4. The molecular formula is C12H32N4S8W2-12. The van der Waals surface area contributed by atoms with Crippen molar-refractivity contribution in [2.45, 2.75) is 0 Å². The normalized spacial score (nSPS) is 24.5. The largest absolute Gasteiger partial charge is 2.00 e. The summed E-state index contributed by atoms with van der Waals surface area (Å²) >= 11 is 0. The van der Waals surface area contributed by atoms with E-state index in [0.717, 1.165) is 0 Å². The molecule has 2 rings (SSSR count). The molecule has 0 aromatic rings. The third kappa shape index (κ3) is 35.5. The molecule has 0 atom stereocenters. The molecule has 172 valence electrons. The van der Waals surface area contributed by atoms with Gasteiger partial charge in [0.2, 0.25) is 0 Å². The van der Waals surface area contributed by atoms with Crippen LogP contribution in [-0.4, -0.2) is 80.5 Å². The van der Waals surface area contributed by atoms with Crippen LogP contribution in [0.3, 0.4) is 0 Å². The van der Waals surface area contributed by atoms with Gasteiger partial charge in [-0.3, -0.25) is 0 Å². The summed E-state index contributed by atoms with van der Waals surface area (Å²) in [6, 6.07) is 0. The number of rotatable bonds is 0. The Bertz CT molecular complexity index is 162. The van der Waals surface area contributed by atoms with Crippen molar-refractivity contribution in [3.05, 3.63) is 0 Å². The van der Waals surface area contributed by atoms with E-state index >= 15 is 0 Å². The first kappa shape index (κ1) is 63.1. The van der Waals surface area contributed by atoms with Crippen LogP contribution in [0.4, 0.5) is 0 Å². The van der Waals surface area contributed by atoms with Gasteiger partial charge in [-0.1, -0.05) is 0 Å². The Kier molecular flexibility index (Phi) is 95.8. The average Bonchev–Trinajstić information content (AvgIpc) is 2.28. The molecule has 0 aromatic carbocycles. The minimum absolute atomic E-state index is 0. The van der Waals surface area contributed by atoms with E-state index in [1.807, 2.05) is 0 Å². The second kappa shape index (κ2) is 39.5. The molecule has 0 bridgehead atoms. The zero-order valence-electron chi connectivity index (χ0n) is 15.7. The summed E-state index contributed by atoms with van der Waals surface area (Å²) in [5, 5.41) is 0. The van der Waals surface area contributed by atoms with Gasteiger partial charge in [-0.15, -0.1) is 0 Å². The Labute approximate surface area is 247 Å². The van der Waals surface area contributed by atoms with E-state index in [-0.39, 0.29) is 150 Å². The maximum Gasteiger partial charge on any atom is 0.127 e. The van der Waals surface area contributed by atoms with Crippen LogP contribution in [0.5, 0.6) is 0 Å². The minimum Gasteiger partial charge on any atom is -2.00 e. The van der Waals surface area contributed by atoms with E-state index in [2.05, 4.69) is 28.2 Å². The number of piperazine rings is 2. The molecule has 0 amide bonds. The van der Waals surface area contributed by atoms with Crippen LogP contribution in [0.1, 0.15) is 0 Å². The second-order valence-corrected chi connectivity index (χ2v) is 5.83. The molecule has 2 heterocycles. The molecule has 2 aliphatic rings. The molecule has 2 fully saturated rings. The van der Waals surface area contributed by atoms with E-state index in [1.165, 1.54) is 52.4 Å². The fourth-order valence-electron chi connectivity index (χ4n) is 2.21. The zero-order valence-corrected chi connectivity index (χ0v) is 28.1. The van der Waals surface area contributed by atoms with Crippen molar-refractivity contribution in [3.63, 3.8) is 0 Å². The summed E-state index contributed by atoms with van der Waals surface area (Å²) in [6.07, 6.45) is 0. The van der Waals surface area contributed by atoms with Crippen LogP contribution < -0.4 is 19.6 Å². The van der Waals surface area contributed by atoms with Crippen LogP contribution in [0.2, 0.25) is 0 Å². The summed E-state index contributed by atoms with van der Waals surface area (Å²) in [5.74, 6) is 0. The topological polar surface area (TPSA) is 17.8 Å². The molecule has 26 heavy (non-hydrogen) atoms. The molecule has 4 N–H and O–H groups in total. The Morgan fingerprint density at radius 3 is 0.462 bits per heavy atom. The van der Waals surface area contributed by atoms with Crippen molar-refractivity contribution >= 4 is 108 Å². The van der Waals surface area contributed by atoms with Crippen LogP contribution in [-0.2, 0) is 150 Å². The van der Waals surface area contributed by atoms with Crippen LogP contribution >= 0.6 is 0 Å². The van der Waals surface area contributed by atoms with Gasteiger partial charge in [0.15, 0.2) is 0 Å². The first-order valence-corrected chi connectivity index (χ1v) is 6.83. The Hall–Kier alpha value is 4.02. The minimum atomic E-state index is 0. The zero-order chi connectivity index (χ0) is 12.0. The number of hydrogen-bond donors (Lipinski definition) is 4. The summed E-state index contributed by atoms with van der Waals surface area (Å²) in [4.78, 5) is 6.76. The van der Waals surface area contributed by atoms with E-state index < -0.39 is 0 Å². The Balaban J connectivity index is -0.0000000178. The molecule has 4 nitrogen and oxygen atoms in total. The third-order valence-electron chi connectivity index (χ3n) is 3.91. The average molecular weight is 857 g/mol. The third-order valence-corrected chi connectivity index (χ3v) is 3.91. The van der Waals surface area contributed by atoms with Crippen molar-refractivity contribution in [1.82, 2.24) is 0 Å². The molecule has 0 radical (unpaired) electrons. The molecule has 2 aliphatic heterocycles. The van der Waals surface area contributed by atoms with Crippen molar-refractivity contribution in [2.24, 2.45) is 0 Å². The van der Waals surface area contributed by atoms with Crippen LogP contribution in [0.15, 0.2) is 0 Å². The number of likely N-dealkylation sites (N-methyl/N-ethyl adjacent to an activating group) is 4. The first-order chi connectivity index (χ1) is 7.58. The fourth-order valence-corrected chi connectivity index (χ4v) is 2.21. The molecule has 0 unspecified atom stereocenters. The standard InChI is InChI=1S/2C6H14N2.8S.2W/c2*1-7-3-5-8(2)6-4-7;;;;;;;;;;/h2*3-6H2,1-2H3;;;;;;;;;;/q;;8*-2;;/p+4. The van der Waals surface area contributed by atoms with Crippen molar-refractivity contribution < 1.29 is 61.7 Å².